The summed E-state index contributed by atoms with van der Waals surface area (Å²) in [6.45, 7) is 9.16. The van der Waals surface area contributed by atoms with E-state index >= 15 is 0 Å². The number of rotatable bonds is 5. The predicted octanol–water partition coefficient (Wildman–Crippen LogP) is 2.55. The molecule has 1 saturated heterocycles. The van der Waals surface area contributed by atoms with Gasteiger partial charge in [-0.3, -0.25) is 4.79 Å². The Morgan fingerprint density at radius 3 is 2.90 bits per heavy atom. The highest BCUT2D eigenvalue weighted by Crippen LogP contribution is 2.33. The first-order valence-corrected chi connectivity index (χ1v) is 7.90. The SMILES string of the molecule is CCCNCc1c(Cl)cccc1N1CCNC(=O)C1(C)C. The molecule has 1 amide bonds. The van der Waals surface area contributed by atoms with Gasteiger partial charge in [0, 0.05) is 35.9 Å². The molecule has 0 aliphatic carbocycles. The van der Waals surface area contributed by atoms with E-state index in [1.807, 2.05) is 26.0 Å². The molecule has 0 bridgehead atoms. The van der Waals surface area contributed by atoms with Crippen LogP contribution in [0.15, 0.2) is 18.2 Å². The van der Waals surface area contributed by atoms with Gasteiger partial charge in [0.2, 0.25) is 5.91 Å². The van der Waals surface area contributed by atoms with Crippen LogP contribution in [-0.2, 0) is 11.3 Å². The van der Waals surface area contributed by atoms with Crippen molar-refractivity contribution in [1.82, 2.24) is 10.6 Å². The zero-order valence-corrected chi connectivity index (χ0v) is 13.8. The molecule has 0 radical (unpaired) electrons. The molecule has 21 heavy (non-hydrogen) atoms. The molecule has 0 atom stereocenters. The molecular formula is C16H24ClN3O. The number of carbonyl (C=O) groups is 1. The molecule has 2 N–H and O–H groups in total. The highest BCUT2D eigenvalue weighted by molar-refractivity contribution is 6.31. The van der Waals surface area contributed by atoms with Crippen LogP contribution in [0.2, 0.25) is 5.02 Å². The van der Waals surface area contributed by atoms with E-state index in [4.69, 9.17) is 11.6 Å². The third-order valence-corrected chi connectivity index (χ3v) is 4.32. The minimum atomic E-state index is -0.567. The van der Waals surface area contributed by atoms with Crippen LogP contribution in [0.25, 0.3) is 0 Å². The Morgan fingerprint density at radius 1 is 1.43 bits per heavy atom. The monoisotopic (exact) mass is 309 g/mol. The van der Waals surface area contributed by atoms with E-state index in [1.165, 1.54) is 0 Å². The van der Waals surface area contributed by atoms with Crippen LogP contribution in [-0.4, -0.2) is 31.1 Å². The third-order valence-electron chi connectivity index (χ3n) is 3.96. The average molecular weight is 310 g/mol. The van der Waals surface area contributed by atoms with Gasteiger partial charge < -0.3 is 15.5 Å². The summed E-state index contributed by atoms with van der Waals surface area (Å²) < 4.78 is 0. The second-order valence-electron chi connectivity index (χ2n) is 5.88. The lowest BCUT2D eigenvalue weighted by molar-refractivity contribution is -0.126. The molecule has 0 spiro atoms. The first-order valence-electron chi connectivity index (χ1n) is 7.52. The fourth-order valence-electron chi connectivity index (χ4n) is 2.69. The summed E-state index contributed by atoms with van der Waals surface area (Å²) in [7, 11) is 0. The molecule has 4 nitrogen and oxygen atoms in total. The molecule has 116 valence electrons. The summed E-state index contributed by atoms with van der Waals surface area (Å²) in [6.07, 6.45) is 1.08. The number of hydrogen-bond donors (Lipinski definition) is 2. The van der Waals surface area contributed by atoms with Gasteiger partial charge in [-0.15, -0.1) is 0 Å². The van der Waals surface area contributed by atoms with Gasteiger partial charge in [0.1, 0.15) is 5.54 Å². The fraction of sp³-hybridized carbons (Fsp3) is 0.562. The molecule has 1 aliphatic heterocycles. The fourth-order valence-corrected chi connectivity index (χ4v) is 2.92. The van der Waals surface area contributed by atoms with Crippen molar-refractivity contribution in [2.24, 2.45) is 0 Å². The first-order chi connectivity index (χ1) is 9.98. The Bertz CT molecular complexity index is 516. The normalized spacial score (nSPS) is 17.7. The maximum Gasteiger partial charge on any atom is 0.245 e. The third kappa shape index (κ3) is 3.33. The minimum absolute atomic E-state index is 0.0567. The highest BCUT2D eigenvalue weighted by atomic mass is 35.5. The molecule has 0 saturated carbocycles. The van der Waals surface area contributed by atoms with Crippen LogP contribution >= 0.6 is 11.6 Å². The second-order valence-corrected chi connectivity index (χ2v) is 6.29. The summed E-state index contributed by atoms with van der Waals surface area (Å²) in [5, 5.41) is 7.08. The van der Waals surface area contributed by atoms with Gasteiger partial charge in [-0.2, -0.15) is 0 Å². The summed E-state index contributed by atoms with van der Waals surface area (Å²) in [5.41, 5.74) is 1.55. The van der Waals surface area contributed by atoms with Gasteiger partial charge in [-0.05, 0) is 38.9 Å². The Kier molecular flexibility index (Phi) is 5.12. The van der Waals surface area contributed by atoms with E-state index in [0.29, 0.717) is 6.54 Å². The van der Waals surface area contributed by atoms with E-state index in [2.05, 4.69) is 28.5 Å². The molecular weight excluding hydrogens is 286 g/mol. The van der Waals surface area contributed by atoms with Gasteiger partial charge >= 0.3 is 0 Å². The van der Waals surface area contributed by atoms with E-state index in [1.54, 1.807) is 0 Å². The van der Waals surface area contributed by atoms with Crippen molar-refractivity contribution in [1.29, 1.82) is 0 Å². The number of nitrogens with one attached hydrogen (secondary N) is 2. The second kappa shape index (κ2) is 6.67. The molecule has 0 aromatic heterocycles. The van der Waals surface area contributed by atoms with Crippen molar-refractivity contribution in [3.8, 4) is 0 Å². The van der Waals surface area contributed by atoms with E-state index < -0.39 is 5.54 Å². The van der Waals surface area contributed by atoms with Gasteiger partial charge in [-0.1, -0.05) is 24.6 Å². The lowest BCUT2D eigenvalue weighted by atomic mass is 9.96. The van der Waals surface area contributed by atoms with Crippen molar-refractivity contribution in [3.63, 3.8) is 0 Å². The van der Waals surface area contributed by atoms with Gasteiger partial charge in [0.15, 0.2) is 0 Å². The zero-order chi connectivity index (χ0) is 15.5. The van der Waals surface area contributed by atoms with Crippen molar-refractivity contribution >= 4 is 23.2 Å². The molecule has 5 heteroatoms. The lowest BCUT2D eigenvalue weighted by Crippen LogP contribution is -2.62. The van der Waals surface area contributed by atoms with E-state index in [9.17, 15) is 4.79 Å². The van der Waals surface area contributed by atoms with Crippen LogP contribution in [0.4, 0.5) is 5.69 Å². The lowest BCUT2D eigenvalue weighted by Gasteiger charge is -2.43. The van der Waals surface area contributed by atoms with Crippen LogP contribution in [0.1, 0.15) is 32.8 Å². The summed E-state index contributed by atoms with van der Waals surface area (Å²) in [5.74, 6) is 0.0567. The largest absolute Gasteiger partial charge is 0.355 e. The van der Waals surface area contributed by atoms with Crippen molar-refractivity contribution in [3.05, 3.63) is 28.8 Å². The van der Waals surface area contributed by atoms with Gasteiger partial charge in [0.05, 0.1) is 0 Å². The number of piperazine rings is 1. The topological polar surface area (TPSA) is 44.4 Å². The highest BCUT2D eigenvalue weighted by Gasteiger charge is 2.38. The number of anilines is 1. The zero-order valence-electron chi connectivity index (χ0n) is 13.0. The number of halogens is 1. The summed E-state index contributed by atoms with van der Waals surface area (Å²) >= 11 is 6.39. The Hall–Kier alpha value is -1.26. The van der Waals surface area contributed by atoms with Crippen LogP contribution in [0.3, 0.4) is 0 Å². The van der Waals surface area contributed by atoms with E-state index in [0.717, 1.165) is 42.3 Å². The number of nitrogens with zero attached hydrogens (tertiary/aromatic N) is 1. The van der Waals surface area contributed by atoms with Crippen molar-refractivity contribution in [2.75, 3.05) is 24.5 Å². The molecule has 1 aromatic carbocycles. The molecule has 2 rings (SSSR count). The molecule has 1 heterocycles. The van der Waals surface area contributed by atoms with Gasteiger partial charge in [0.25, 0.3) is 0 Å². The number of carbonyl (C=O) groups excluding carboxylic acids is 1. The maximum absolute atomic E-state index is 12.2. The summed E-state index contributed by atoms with van der Waals surface area (Å²) in [4.78, 5) is 14.3. The molecule has 0 unspecified atom stereocenters. The van der Waals surface area contributed by atoms with E-state index in [-0.39, 0.29) is 5.91 Å². The van der Waals surface area contributed by atoms with Crippen molar-refractivity contribution in [2.45, 2.75) is 39.3 Å². The summed E-state index contributed by atoms with van der Waals surface area (Å²) in [6, 6.07) is 5.91. The predicted molar refractivity (Wildman–Crippen MR) is 87.9 cm³/mol. The Balaban J connectivity index is 2.34. The average Bonchev–Trinajstić information content (AvgIpc) is 2.44. The molecule has 1 fully saturated rings. The Morgan fingerprint density at radius 2 is 2.19 bits per heavy atom. The smallest absolute Gasteiger partial charge is 0.245 e. The van der Waals surface area contributed by atoms with Crippen molar-refractivity contribution < 1.29 is 4.79 Å². The number of benzene rings is 1. The number of amides is 1. The Labute approximate surface area is 131 Å². The minimum Gasteiger partial charge on any atom is -0.355 e. The molecule has 1 aromatic rings. The molecule has 1 aliphatic rings. The van der Waals surface area contributed by atoms with Crippen LogP contribution < -0.4 is 15.5 Å². The van der Waals surface area contributed by atoms with Crippen LogP contribution in [0.5, 0.6) is 0 Å². The first kappa shape index (κ1) is 16.1. The van der Waals surface area contributed by atoms with Crippen LogP contribution in [0, 0.1) is 0 Å². The quantitative estimate of drug-likeness (QED) is 0.822. The number of hydrogen-bond acceptors (Lipinski definition) is 3. The van der Waals surface area contributed by atoms with Gasteiger partial charge in [-0.25, -0.2) is 0 Å². The maximum atomic E-state index is 12.2. The standard InChI is InChI=1S/C16H24ClN3O/c1-4-8-18-11-12-13(17)6-5-7-14(12)20-10-9-19-15(21)16(20,2)3/h5-7,18H,4,8-11H2,1-3H3,(H,19,21).